The Morgan fingerprint density at radius 3 is 2.38 bits per heavy atom. The number of sulfonamides is 1. The Balaban J connectivity index is 2.12. The summed E-state index contributed by atoms with van der Waals surface area (Å²) in [6.45, 7) is 1.66. The van der Waals surface area contributed by atoms with Gasteiger partial charge in [-0.15, -0.1) is 0 Å². The molecule has 26 heavy (non-hydrogen) atoms. The molecule has 0 aliphatic carbocycles. The number of non-ortho nitro benzene ring substituents is 1. The van der Waals surface area contributed by atoms with Crippen LogP contribution in [0, 0.1) is 17.0 Å². The largest absolute Gasteiger partial charge is 0.322 e. The van der Waals surface area contributed by atoms with Crippen LogP contribution < -0.4 is 10.0 Å². The summed E-state index contributed by atoms with van der Waals surface area (Å²) in [5, 5.41) is 13.2. The first-order valence-corrected chi connectivity index (χ1v) is 8.99. The van der Waals surface area contributed by atoms with Gasteiger partial charge in [0.05, 0.1) is 9.82 Å². The van der Waals surface area contributed by atoms with Gasteiger partial charge in [-0.05, 0) is 55.4 Å². The number of carbonyl (C=O) groups is 1. The lowest BCUT2D eigenvalue weighted by atomic mass is 10.2. The molecule has 2 aromatic carbocycles. The lowest BCUT2D eigenvalue weighted by Crippen LogP contribution is -2.20. The zero-order valence-corrected chi connectivity index (χ0v) is 14.9. The van der Waals surface area contributed by atoms with Crippen molar-refractivity contribution in [2.24, 2.45) is 0 Å². The predicted octanol–water partition coefficient (Wildman–Crippen LogP) is 2.46. The lowest BCUT2D eigenvalue weighted by Gasteiger charge is -2.09. The van der Waals surface area contributed by atoms with Gasteiger partial charge in [-0.2, -0.15) is 0 Å². The van der Waals surface area contributed by atoms with Gasteiger partial charge in [0.25, 0.3) is 5.69 Å². The molecule has 2 rings (SSSR count). The van der Waals surface area contributed by atoms with Gasteiger partial charge in [-0.3, -0.25) is 14.9 Å². The molecule has 0 spiro atoms. The van der Waals surface area contributed by atoms with Crippen molar-refractivity contribution in [1.29, 1.82) is 0 Å². The maximum absolute atomic E-state index is 12.0. The molecule has 0 heterocycles. The molecule has 136 valence electrons. The molecule has 0 saturated carbocycles. The zero-order valence-electron chi connectivity index (χ0n) is 14.1. The zero-order chi connectivity index (χ0) is 19.3. The van der Waals surface area contributed by atoms with Crippen molar-refractivity contribution in [1.82, 2.24) is 4.72 Å². The van der Waals surface area contributed by atoms with E-state index in [1.807, 2.05) is 0 Å². The quantitative estimate of drug-likeness (QED) is 0.457. The second kappa shape index (κ2) is 7.89. The highest BCUT2D eigenvalue weighted by atomic mass is 32.2. The second-order valence-electron chi connectivity index (χ2n) is 5.36. The maximum Gasteiger partial charge on any atom is 0.269 e. The third-order valence-corrected chi connectivity index (χ3v) is 5.10. The molecular formula is C17H17N3O5S. The maximum atomic E-state index is 12.0. The highest BCUT2D eigenvalue weighted by Crippen LogP contribution is 2.20. The number of anilines is 1. The van der Waals surface area contributed by atoms with Crippen LogP contribution in [0.3, 0.4) is 0 Å². The van der Waals surface area contributed by atoms with Crippen LogP contribution in [-0.2, 0) is 14.8 Å². The van der Waals surface area contributed by atoms with Gasteiger partial charge in [0, 0.05) is 23.9 Å². The fourth-order valence-corrected chi connectivity index (χ4v) is 3.13. The lowest BCUT2D eigenvalue weighted by molar-refractivity contribution is -0.384. The highest BCUT2D eigenvalue weighted by molar-refractivity contribution is 7.89. The number of nitro benzene ring substituents is 1. The van der Waals surface area contributed by atoms with Gasteiger partial charge < -0.3 is 5.32 Å². The molecule has 0 aromatic heterocycles. The number of hydrogen-bond donors (Lipinski definition) is 2. The smallest absolute Gasteiger partial charge is 0.269 e. The van der Waals surface area contributed by atoms with Crippen molar-refractivity contribution < 1.29 is 18.1 Å². The van der Waals surface area contributed by atoms with E-state index in [2.05, 4.69) is 10.0 Å². The average molecular weight is 375 g/mol. The van der Waals surface area contributed by atoms with E-state index in [0.29, 0.717) is 16.8 Å². The first-order valence-electron chi connectivity index (χ1n) is 7.50. The van der Waals surface area contributed by atoms with Crippen LogP contribution in [0.4, 0.5) is 11.4 Å². The van der Waals surface area contributed by atoms with Crippen LogP contribution in [0.25, 0.3) is 6.08 Å². The molecule has 0 atom stereocenters. The van der Waals surface area contributed by atoms with Crippen molar-refractivity contribution in [3.8, 4) is 0 Å². The minimum atomic E-state index is -3.63. The molecule has 0 bridgehead atoms. The fourth-order valence-electron chi connectivity index (χ4n) is 2.14. The summed E-state index contributed by atoms with van der Waals surface area (Å²) in [5.41, 5.74) is 1.47. The van der Waals surface area contributed by atoms with Crippen LogP contribution in [0.5, 0.6) is 0 Å². The van der Waals surface area contributed by atoms with Crippen molar-refractivity contribution in [2.45, 2.75) is 11.8 Å². The number of carbonyl (C=O) groups excluding carboxylic acids is 1. The molecule has 1 amide bonds. The minimum Gasteiger partial charge on any atom is -0.322 e. The number of nitrogens with one attached hydrogen (secondary N) is 2. The third-order valence-electron chi connectivity index (χ3n) is 3.54. The summed E-state index contributed by atoms with van der Waals surface area (Å²) in [6.07, 6.45) is 2.76. The van der Waals surface area contributed by atoms with Crippen LogP contribution in [0.2, 0.25) is 0 Å². The molecule has 0 aliphatic heterocycles. The average Bonchev–Trinajstić information content (AvgIpc) is 2.61. The van der Waals surface area contributed by atoms with Gasteiger partial charge in [0.1, 0.15) is 0 Å². The first kappa shape index (κ1) is 19.3. The second-order valence-corrected chi connectivity index (χ2v) is 7.21. The monoisotopic (exact) mass is 375 g/mol. The topological polar surface area (TPSA) is 118 Å². The fraction of sp³-hybridized carbons (Fsp3) is 0.118. The van der Waals surface area contributed by atoms with Crippen LogP contribution in [0.1, 0.15) is 11.1 Å². The highest BCUT2D eigenvalue weighted by Gasteiger charge is 2.15. The molecule has 8 nitrogen and oxygen atoms in total. The Kier molecular flexibility index (Phi) is 5.86. The van der Waals surface area contributed by atoms with Crippen molar-refractivity contribution >= 4 is 33.4 Å². The number of amides is 1. The summed E-state index contributed by atoms with van der Waals surface area (Å²) >= 11 is 0. The molecular weight excluding hydrogens is 358 g/mol. The number of hydrogen-bond acceptors (Lipinski definition) is 5. The van der Waals surface area contributed by atoms with Gasteiger partial charge in [-0.1, -0.05) is 6.07 Å². The van der Waals surface area contributed by atoms with Gasteiger partial charge in [-0.25, -0.2) is 13.1 Å². The molecule has 2 aromatic rings. The van der Waals surface area contributed by atoms with Crippen LogP contribution in [0.15, 0.2) is 53.4 Å². The summed E-state index contributed by atoms with van der Waals surface area (Å²) in [5.74, 6) is -0.458. The van der Waals surface area contributed by atoms with Gasteiger partial charge in [0.2, 0.25) is 15.9 Å². The summed E-state index contributed by atoms with van der Waals surface area (Å²) < 4.78 is 26.2. The number of benzene rings is 2. The summed E-state index contributed by atoms with van der Waals surface area (Å²) in [7, 11) is -2.32. The van der Waals surface area contributed by atoms with Crippen LogP contribution >= 0.6 is 0 Å². The number of aryl methyl sites for hydroxylation is 1. The normalized spacial score (nSPS) is 11.5. The standard InChI is InChI=1S/C17H17N3O5S/c1-12-3-7-14(11-16(12)26(24,25)18-2)19-17(21)10-6-13-4-8-15(9-5-13)20(22)23/h3-11,18H,1-2H3,(H,19,21)/b10-6+. The van der Waals surface area contributed by atoms with Crippen molar-refractivity contribution in [3.05, 3.63) is 69.8 Å². The van der Waals surface area contributed by atoms with Crippen LogP contribution in [-0.4, -0.2) is 26.3 Å². The molecule has 0 saturated heterocycles. The van der Waals surface area contributed by atoms with Crippen molar-refractivity contribution in [3.63, 3.8) is 0 Å². The molecule has 0 fully saturated rings. The molecule has 9 heteroatoms. The number of rotatable bonds is 6. The van der Waals surface area contributed by atoms with E-state index < -0.39 is 20.9 Å². The number of nitrogens with zero attached hydrogens (tertiary/aromatic N) is 1. The molecule has 0 aliphatic rings. The Morgan fingerprint density at radius 1 is 1.15 bits per heavy atom. The van der Waals surface area contributed by atoms with Crippen molar-refractivity contribution in [2.75, 3.05) is 12.4 Å². The molecule has 0 unspecified atom stereocenters. The Labute approximate surface area is 150 Å². The third kappa shape index (κ3) is 4.74. The van der Waals surface area contributed by atoms with E-state index in [1.165, 1.54) is 49.5 Å². The SMILES string of the molecule is CNS(=O)(=O)c1cc(NC(=O)/C=C/c2ccc([N+](=O)[O-])cc2)ccc1C. The van der Waals surface area contributed by atoms with E-state index in [1.54, 1.807) is 19.1 Å². The van der Waals surface area contributed by atoms with E-state index in [9.17, 15) is 23.3 Å². The van der Waals surface area contributed by atoms with Gasteiger partial charge in [0.15, 0.2) is 0 Å². The van der Waals surface area contributed by atoms with E-state index >= 15 is 0 Å². The molecule has 2 N–H and O–H groups in total. The summed E-state index contributed by atoms with van der Waals surface area (Å²) in [4.78, 5) is 22.2. The minimum absolute atomic E-state index is 0.0375. The Bertz CT molecular complexity index is 966. The number of nitro groups is 1. The predicted molar refractivity (Wildman–Crippen MR) is 98.2 cm³/mol. The van der Waals surface area contributed by atoms with Gasteiger partial charge >= 0.3 is 0 Å². The Hall–Kier alpha value is -3.04. The molecule has 0 radical (unpaired) electrons. The summed E-state index contributed by atoms with van der Waals surface area (Å²) in [6, 6.07) is 10.3. The first-order chi connectivity index (χ1) is 12.2. The van der Waals surface area contributed by atoms with E-state index in [0.717, 1.165) is 0 Å². The van der Waals surface area contributed by atoms with E-state index in [4.69, 9.17) is 0 Å². The van der Waals surface area contributed by atoms with E-state index in [-0.39, 0.29) is 10.6 Å². The Morgan fingerprint density at radius 2 is 1.81 bits per heavy atom.